The first-order chi connectivity index (χ1) is 35.9. The van der Waals surface area contributed by atoms with Crippen LogP contribution in [0, 0.1) is 0 Å². The molecule has 0 unspecified atom stereocenters. The number of aliphatic hydroxyl groups excluding tert-OH is 17. The molecule has 30 atom stereocenters. The SMILES string of the molecule is CC(=O)N[C@@H]1[C@@H](O)[C@H](O[C@@H]2O[C@H](CO)[C@@H](O[C@@H]3O[C@H](CO[C@H]4O[C@H](CO)[C@@H](O)[C@H](O)[C@@H]4O[C@@H]4O[C@H](CO)[C@@H](O[C@@H]5O[C@H](CO)[C@H](O)[C@H](O)[C@H]5O)[C@H](O)[C@H]4NC(C)=O)[C@@H](O)[C@H](O)[C@@H]3O)[C@H](O)[C@H]2NC(C)=O)[C@@H](CO)O[C@H]1O. The molecule has 6 aliphatic rings. The molecule has 76 heavy (non-hydrogen) atoms. The highest BCUT2D eigenvalue weighted by Crippen LogP contribution is 2.36. The molecule has 3 amide bonds. The number of ether oxygens (including phenoxy) is 11. The first-order valence-electron chi connectivity index (χ1n) is 24.1. The zero-order valence-electron chi connectivity index (χ0n) is 40.9. The Labute approximate surface area is 431 Å². The van der Waals surface area contributed by atoms with Crippen LogP contribution in [0.5, 0.6) is 0 Å². The van der Waals surface area contributed by atoms with Crippen LogP contribution in [-0.4, -0.2) is 328 Å². The van der Waals surface area contributed by atoms with Gasteiger partial charge in [0.25, 0.3) is 0 Å². The predicted molar refractivity (Wildman–Crippen MR) is 234 cm³/mol. The van der Waals surface area contributed by atoms with Gasteiger partial charge in [0.2, 0.25) is 17.7 Å². The molecule has 440 valence electrons. The number of nitrogens with one attached hydrogen (secondary N) is 3. The Morgan fingerprint density at radius 1 is 0.342 bits per heavy atom. The number of carbonyl (C=O) groups excluding carboxylic acids is 3. The molecule has 0 radical (unpaired) electrons. The van der Waals surface area contributed by atoms with Crippen molar-refractivity contribution in [3.63, 3.8) is 0 Å². The van der Waals surface area contributed by atoms with Crippen LogP contribution in [0.15, 0.2) is 0 Å². The van der Waals surface area contributed by atoms with Crippen molar-refractivity contribution in [3.05, 3.63) is 0 Å². The van der Waals surface area contributed by atoms with Crippen LogP contribution >= 0.6 is 0 Å². The first-order valence-corrected chi connectivity index (χ1v) is 24.1. The van der Waals surface area contributed by atoms with E-state index < -0.39 is 241 Å². The van der Waals surface area contributed by atoms with Crippen molar-refractivity contribution >= 4 is 17.7 Å². The summed E-state index contributed by atoms with van der Waals surface area (Å²) in [4.78, 5) is 36.8. The average molecular weight is 1110 g/mol. The zero-order valence-corrected chi connectivity index (χ0v) is 40.9. The van der Waals surface area contributed by atoms with Crippen molar-refractivity contribution in [2.24, 2.45) is 0 Å². The molecule has 0 aliphatic carbocycles. The second-order valence-electron chi connectivity index (χ2n) is 19.0. The molecule has 0 aromatic carbocycles. The molecule has 0 saturated carbocycles. The molecule has 6 heterocycles. The van der Waals surface area contributed by atoms with E-state index in [0.29, 0.717) is 0 Å². The summed E-state index contributed by atoms with van der Waals surface area (Å²) in [5, 5.41) is 189. The Morgan fingerprint density at radius 2 is 0.658 bits per heavy atom. The third-order valence-electron chi connectivity index (χ3n) is 13.6. The smallest absolute Gasteiger partial charge is 0.217 e. The molecular weight excluding hydrogens is 1040 g/mol. The Bertz CT molecular complexity index is 1870. The summed E-state index contributed by atoms with van der Waals surface area (Å²) >= 11 is 0. The molecule has 0 aromatic rings. The topological polar surface area (TPSA) is 533 Å². The summed E-state index contributed by atoms with van der Waals surface area (Å²) in [5.74, 6) is -2.33. The summed E-state index contributed by atoms with van der Waals surface area (Å²) in [6, 6.07) is -4.94. The third-order valence-corrected chi connectivity index (χ3v) is 13.6. The average Bonchev–Trinajstić information content (AvgIpc) is 3.38. The molecule has 34 heteroatoms. The van der Waals surface area contributed by atoms with E-state index in [4.69, 9.17) is 52.1 Å². The standard InChI is InChI=1S/C42H71N3O31/c1-10(51)43-19-25(57)33(15(6-48)67-37(19)65)73-38-20(44-11(2)52)26(58)35(16(7-49)70-38)75-41-32(64)29(61)24(56)18(72-41)9-66-42-36(30(62)23(55)14(5-47)69-42)76-39-21(45-12(3)53)27(59)34(17(8-50)71-39)74-40-31(63)28(60)22(54)13(4-46)68-40/h13-42,46-50,54-65H,4-9H2,1-3H3,(H,43,51)(H,44,52)(H,45,53)/t13-,14-,15-,16-,17-,18-,19-,20-,21-,22+,23-,24-,25-,26-,27-,28+,29+,30+,31-,32+,33-,34-,35-,36+,37-,38+,39+,40+,41+,42+/m1/s1. The van der Waals surface area contributed by atoms with E-state index in [9.17, 15) is 101 Å². The van der Waals surface area contributed by atoms with Crippen LogP contribution < -0.4 is 16.0 Å². The minimum absolute atomic E-state index is 0.702. The summed E-state index contributed by atoms with van der Waals surface area (Å²) in [6.07, 6.45) is -50.3. The van der Waals surface area contributed by atoms with E-state index in [2.05, 4.69) is 16.0 Å². The maximum atomic E-state index is 12.5. The van der Waals surface area contributed by atoms with Gasteiger partial charge >= 0.3 is 0 Å². The molecule has 0 aromatic heterocycles. The lowest BCUT2D eigenvalue weighted by Crippen LogP contribution is -2.70. The van der Waals surface area contributed by atoms with Gasteiger partial charge in [0, 0.05) is 20.8 Å². The van der Waals surface area contributed by atoms with Gasteiger partial charge in [0.05, 0.1) is 39.6 Å². The van der Waals surface area contributed by atoms with Crippen molar-refractivity contribution in [1.82, 2.24) is 16.0 Å². The van der Waals surface area contributed by atoms with Crippen molar-refractivity contribution in [2.45, 2.75) is 205 Å². The number of amides is 3. The molecule has 34 nitrogen and oxygen atoms in total. The third kappa shape index (κ3) is 13.7. The van der Waals surface area contributed by atoms with E-state index >= 15 is 0 Å². The van der Waals surface area contributed by atoms with Gasteiger partial charge in [-0.2, -0.15) is 0 Å². The molecular formula is C42H71N3O31. The van der Waals surface area contributed by atoms with Crippen LogP contribution in [0.4, 0.5) is 0 Å². The second kappa shape index (κ2) is 27.2. The van der Waals surface area contributed by atoms with Gasteiger partial charge < -0.3 is 155 Å². The van der Waals surface area contributed by atoms with Gasteiger partial charge in [-0.1, -0.05) is 0 Å². The van der Waals surface area contributed by atoms with E-state index in [0.717, 1.165) is 20.8 Å². The van der Waals surface area contributed by atoms with Gasteiger partial charge in [-0.05, 0) is 0 Å². The highest BCUT2D eigenvalue weighted by molar-refractivity contribution is 5.74. The fourth-order valence-corrected chi connectivity index (χ4v) is 9.61. The minimum atomic E-state index is -2.16. The van der Waals surface area contributed by atoms with Crippen molar-refractivity contribution in [2.75, 3.05) is 39.6 Å². The number of carbonyl (C=O) groups is 3. The Morgan fingerprint density at radius 3 is 1.08 bits per heavy atom. The molecule has 0 bridgehead atoms. The van der Waals surface area contributed by atoms with E-state index in [1.807, 2.05) is 0 Å². The lowest BCUT2D eigenvalue weighted by atomic mass is 9.94. The molecule has 6 fully saturated rings. The zero-order chi connectivity index (χ0) is 56.2. The fraction of sp³-hybridized carbons (Fsp3) is 0.929. The predicted octanol–water partition coefficient (Wildman–Crippen LogP) is -13.7. The van der Waals surface area contributed by atoms with Crippen LogP contribution in [0.3, 0.4) is 0 Å². The first kappa shape index (κ1) is 62.5. The van der Waals surface area contributed by atoms with Crippen molar-refractivity contribution < 1.29 is 153 Å². The molecule has 0 spiro atoms. The minimum Gasteiger partial charge on any atom is -0.394 e. The van der Waals surface area contributed by atoms with E-state index in [1.54, 1.807) is 0 Å². The molecule has 20 N–H and O–H groups in total. The van der Waals surface area contributed by atoms with Gasteiger partial charge in [-0.25, -0.2) is 0 Å². The highest BCUT2D eigenvalue weighted by atomic mass is 16.8. The normalized spacial score (nSPS) is 48.2. The van der Waals surface area contributed by atoms with E-state index in [-0.39, 0.29) is 0 Å². The van der Waals surface area contributed by atoms with Crippen LogP contribution in [-0.2, 0) is 66.5 Å². The van der Waals surface area contributed by atoms with Gasteiger partial charge in [0.15, 0.2) is 37.7 Å². The summed E-state index contributed by atoms with van der Waals surface area (Å²) in [5.41, 5.74) is 0. The van der Waals surface area contributed by atoms with Crippen molar-refractivity contribution in [1.29, 1.82) is 0 Å². The summed E-state index contributed by atoms with van der Waals surface area (Å²) in [6.45, 7) is -2.49. The van der Waals surface area contributed by atoms with Gasteiger partial charge in [-0.3, -0.25) is 14.4 Å². The molecule has 6 saturated heterocycles. The Hall–Kier alpha value is -2.71. The number of aliphatic hydroxyl groups is 17. The highest BCUT2D eigenvalue weighted by Gasteiger charge is 2.57. The lowest BCUT2D eigenvalue weighted by molar-refractivity contribution is -0.379. The Kier molecular flexibility index (Phi) is 22.3. The number of hydrogen-bond acceptors (Lipinski definition) is 31. The van der Waals surface area contributed by atoms with Gasteiger partial charge in [-0.15, -0.1) is 0 Å². The lowest BCUT2D eigenvalue weighted by Gasteiger charge is -2.50. The fourth-order valence-electron chi connectivity index (χ4n) is 9.61. The Balaban J connectivity index is 1.19. The largest absolute Gasteiger partial charge is 0.394 e. The second-order valence-corrected chi connectivity index (χ2v) is 19.0. The molecule has 6 aliphatic heterocycles. The quantitative estimate of drug-likeness (QED) is 0.0571. The summed E-state index contributed by atoms with van der Waals surface area (Å²) in [7, 11) is 0. The van der Waals surface area contributed by atoms with Crippen LogP contribution in [0.25, 0.3) is 0 Å². The monoisotopic (exact) mass is 1110 g/mol. The van der Waals surface area contributed by atoms with E-state index in [1.165, 1.54) is 0 Å². The van der Waals surface area contributed by atoms with Crippen LogP contribution in [0.1, 0.15) is 20.8 Å². The van der Waals surface area contributed by atoms with Crippen molar-refractivity contribution in [3.8, 4) is 0 Å². The number of rotatable bonds is 19. The summed E-state index contributed by atoms with van der Waals surface area (Å²) < 4.78 is 63.2. The number of hydrogen-bond donors (Lipinski definition) is 20. The van der Waals surface area contributed by atoms with Crippen LogP contribution in [0.2, 0.25) is 0 Å². The maximum absolute atomic E-state index is 12.5. The molecule has 6 rings (SSSR count). The maximum Gasteiger partial charge on any atom is 0.217 e. The van der Waals surface area contributed by atoms with Gasteiger partial charge in [0.1, 0.15) is 146 Å².